The third-order valence-electron chi connectivity index (χ3n) is 3.52. The predicted molar refractivity (Wildman–Crippen MR) is 77.9 cm³/mol. The van der Waals surface area contributed by atoms with Crippen LogP contribution in [0.4, 0.5) is 5.69 Å². The molecule has 1 fully saturated rings. The molecule has 5 heteroatoms. The second-order valence-corrected chi connectivity index (χ2v) is 5.73. The van der Waals surface area contributed by atoms with Crippen LogP contribution in [0.5, 0.6) is 5.75 Å². The molecule has 1 aliphatic rings. The van der Waals surface area contributed by atoms with Crippen molar-refractivity contribution in [2.24, 2.45) is 0 Å². The van der Waals surface area contributed by atoms with Crippen LogP contribution in [0.3, 0.4) is 0 Å². The molecule has 1 aromatic rings. The zero-order valence-corrected chi connectivity index (χ0v) is 12.2. The van der Waals surface area contributed by atoms with Gasteiger partial charge in [0.2, 0.25) is 0 Å². The standard InChI is InChI=1S/C15H22N2O3/c1-15(2)9-11(6-7-20-15)17-14(18)10-4-5-13(19-3)12(16)8-10/h4-5,8,11H,6-7,9,16H2,1-3H3,(H,17,18). The van der Waals surface area contributed by atoms with E-state index in [4.69, 9.17) is 15.2 Å². The summed E-state index contributed by atoms with van der Waals surface area (Å²) in [6, 6.07) is 5.20. The van der Waals surface area contributed by atoms with Gasteiger partial charge < -0.3 is 20.5 Å². The molecule has 110 valence electrons. The first-order valence-electron chi connectivity index (χ1n) is 6.79. The van der Waals surface area contributed by atoms with Crippen LogP contribution in [0.15, 0.2) is 18.2 Å². The van der Waals surface area contributed by atoms with Gasteiger partial charge in [0.25, 0.3) is 5.91 Å². The number of anilines is 1. The zero-order valence-electron chi connectivity index (χ0n) is 12.2. The third kappa shape index (κ3) is 3.42. The molecule has 0 saturated carbocycles. The lowest BCUT2D eigenvalue weighted by atomic mass is 9.94. The van der Waals surface area contributed by atoms with Gasteiger partial charge in [0.05, 0.1) is 18.4 Å². The quantitative estimate of drug-likeness (QED) is 0.829. The number of carbonyl (C=O) groups is 1. The van der Waals surface area contributed by atoms with Crippen LogP contribution < -0.4 is 15.8 Å². The summed E-state index contributed by atoms with van der Waals surface area (Å²) in [7, 11) is 1.55. The predicted octanol–water partition coefficient (Wildman–Crippen LogP) is 1.96. The molecule has 20 heavy (non-hydrogen) atoms. The van der Waals surface area contributed by atoms with E-state index in [0.29, 0.717) is 23.6 Å². The molecule has 1 unspecified atom stereocenters. The summed E-state index contributed by atoms with van der Waals surface area (Å²) in [6.07, 6.45) is 1.64. The van der Waals surface area contributed by atoms with E-state index in [1.807, 2.05) is 13.8 Å². The summed E-state index contributed by atoms with van der Waals surface area (Å²) in [5.41, 5.74) is 6.65. The molecule has 1 aliphatic heterocycles. The summed E-state index contributed by atoms with van der Waals surface area (Å²) in [4.78, 5) is 12.2. The Bertz CT molecular complexity index is 500. The fourth-order valence-electron chi connectivity index (χ4n) is 2.50. The van der Waals surface area contributed by atoms with Crippen molar-refractivity contribution < 1.29 is 14.3 Å². The minimum Gasteiger partial charge on any atom is -0.495 e. The molecule has 0 radical (unpaired) electrons. The molecule has 1 atom stereocenters. The van der Waals surface area contributed by atoms with Crippen LogP contribution in [-0.2, 0) is 4.74 Å². The van der Waals surface area contributed by atoms with Gasteiger partial charge in [-0.2, -0.15) is 0 Å². The first kappa shape index (κ1) is 14.7. The maximum absolute atomic E-state index is 12.2. The highest BCUT2D eigenvalue weighted by Crippen LogP contribution is 2.25. The van der Waals surface area contributed by atoms with Crippen LogP contribution in [0.1, 0.15) is 37.0 Å². The number of carbonyl (C=O) groups excluding carboxylic acids is 1. The van der Waals surface area contributed by atoms with E-state index in [1.54, 1.807) is 25.3 Å². The Morgan fingerprint density at radius 1 is 1.50 bits per heavy atom. The van der Waals surface area contributed by atoms with Gasteiger partial charge in [0.15, 0.2) is 0 Å². The van der Waals surface area contributed by atoms with Crippen LogP contribution in [0, 0.1) is 0 Å². The Hall–Kier alpha value is -1.75. The summed E-state index contributed by atoms with van der Waals surface area (Å²) >= 11 is 0. The van der Waals surface area contributed by atoms with Gasteiger partial charge in [-0.25, -0.2) is 0 Å². The second-order valence-electron chi connectivity index (χ2n) is 5.73. The topological polar surface area (TPSA) is 73.6 Å². The monoisotopic (exact) mass is 278 g/mol. The molecule has 1 saturated heterocycles. The van der Waals surface area contributed by atoms with Crippen molar-refractivity contribution >= 4 is 11.6 Å². The van der Waals surface area contributed by atoms with Gasteiger partial charge in [0, 0.05) is 18.2 Å². The molecular formula is C15H22N2O3. The van der Waals surface area contributed by atoms with Crippen molar-refractivity contribution in [3.8, 4) is 5.75 Å². The number of nitrogen functional groups attached to an aromatic ring is 1. The van der Waals surface area contributed by atoms with E-state index in [9.17, 15) is 4.79 Å². The van der Waals surface area contributed by atoms with E-state index in [0.717, 1.165) is 12.8 Å². The van der Waals surface area contributed by atoms with Gasteiger partial charge in [-0.1, -0.05) is 0 Å². The van der Waals surface area contributed by atoms with Crippen LogP contribution in [0.25, 0.3) is 0 Å². The number of hydrogen-bond acceptors (Lipinski definition) is 4. The molecule has 1 amide bonds. The Kier molecular flexibility index (Phi) is 4.18. The van der Waals surface area contributed by atoms with Crippen molar-refractivity contribution in [3.63, 3.8) is 0 Å². The zero-order chi connectivity index (χ0) is 14.8. The SMILES string of the molecule is COc1ccc(C(=O)NC2CCOC(C)(C)C2)cc1N. The van der Waals surface area contributed by atoms with Crippen molar-refractivity contribution in [1.29, 1.82) is 0 Å². The van der Waals surface area contributed by atoms with Gasteiger partial charge in [-0.05, 0) is 44.9 Å². The number of methoxy groups -OCH3 is 1. The maximum Gasteiger partial charge on any atom is 0.251 e. The van der Waals surface area contributed by atoms with Crippen molar-refractivity contribution in [1.82, 2.24) is 5.32 Å². The lowest BCUT2D eigenvalue weighted by molar-refractivity contribution is -0.0615. The van der Waals surface area contributed by atoms with Crippen molar-refractivity contribution in [2.45, 2.75) is 38.3 Å². The number of benzene rings is 1. The third-order valence-corrected chi connectivity index (χ3v) is 3.52. The Morgan fingerprint density at radius 2 is 2.25 bits per heavy atom. The lowest BCUT2D eigenvalue weighted by Gasteiger charge is -2.35. The number of nitrogens with one attached hydrogen (secondary N) is 1. The summed E-state index contributed by atoms with van der Waals surface area (Å²) < 4.78 is 10.7. The number of ether oxygens (including phenoxy) is 2. The minimum absolute atomic E-state index is 0.109. The minimum atomic E-state index is -0.185. The normalized spacial score (nSPS) is 21.2. The molecular weight excluding hydrogens is 256 g/mol. The first-order chi connectivity index (χ1) is 9.41. The highest BCUT2D eigenvalue weighted by atomic mass is 16.5. The summed E-state index contributed by atoms with van der Waals surface area (Å²) in [6.45, 7) is 4.75. The van der Waals surface area contributed by atoms with Crippen LogP contribution in [-0.4, -0.2) is 31.3 Å². The number of rotatable bonds is 3. The largest absolute Gasteiger partial charge is 0.495 e. The number of nitrogens with two attached hydrogens (primary N) is 1. The average molecular weight is 278 g/mol. The van der Waals surface area contributed by atoms with E-state index in [2.05, 4.69) is 5.32 Å². The van der Waals surface area contributed by atoms with Gasteiger partial charge in [-0.3, -0.25) is 4.79 Å². The fourth-order valence-corrected chi connectivity index (χ4v) is 2.50. The fraction of sp³-hybridized carbons (Fsp3) is 0.533. The summed E-state index contributed by atoms with van der Waals surface area (Å²) in [5, 5.41) is 3.04. The second kappa shape index (κ2) is 5.71. The van der Waals surface area contributed by atoms with Crippen LogP contribution in [0.2, 0.25) is 0 Å². The lowest BCUT2D eigenvalue weighted by Crippen LogP contribution is -2.45. The van der Waals surface area contributed by atoms with Gasteiger partial charge >= 0.3 is 0 Å². The van der Waals surface area contributed by atoms with E-state index < -0.39 is 0 Å². The smallest absolute Gasteiger partial charge is 0.251 e. The molecule has 0 aromatic heterocycles. The Morgan fingerprint density at radius 3 is 2.85 bits per heavy atom. The number of hydrogen-bond donors (Lipinski definition) is 2. The van der Waals surface area contributed by atoms with Crippen molar-refractivity contribution in [2.75, 3.05) is 19.5 Å². The van der Waals surface area contributed by atoms with Gasteiger partial charge in [-0.15, -0.1) is 0 Å². The molecule has 0 bridgehead atoms. The Labute approximate surface area is 119 Å². The molecule has 2 rings (SSSR count). The first-order valence-corrected chi connectivity index (χ1v) is 6.79. The molecule has 1 heterocycles. The van der Waals surface area contributed by atoms with Crippen LogP contribution >= 0.6 is 0 Å². The van der Waals surface area contributed by atoms with Crippen molar-refractivity contribution in [3.05, 3.63) is 23.8 Å². The molecule has 0 spiro atoms. The number of amides is 1. The highest BCUT2D eigenvalue weighted by Gasteiger charge is 2.29. The average Bonchev–Trinajstić information content (AvgIpc) is 2.37. The molecule has 5 nitrogen and oxygen atoms in total. The summed E-state index contributed by atoms with van der Waals surface area (Å²) in [5.74, 6) is 0.468. The maximum atomic E-state index is 12.2. The van der Waals surface area contributed by atoms with E-state index >= 15 is 0 Å². The van der Waals surface area contributed by atoms with E-state index in [1.165, 1.54) is 0 Å². The van der Waals surface area contributed by atoms with E-state index in [-0.39, 0.29) is 17.6 Å². The molecule has 0 aliphatic carbocycles. The van der Waals surface area contributed by atoms with Gasteiger partial charge in [0.1, 0.15) is 5.75 Å². The molecule has 3 N–H and O–H groups in total. The highest BCUT2D eigenvalue weighted by molar-refractivity contribution is 5.95. The molecule has 1 aromatic carbocycles. The Balaban J connectivity index is 2.03.